The van der Waals surface area contributed by atoms with Gasteiger partial charge in [0.1, 0.15) is 0 Å². The molecule has 0 unspecified atom stereocenters. The van der Waals surface area contributed by atoms with Crippen molar-refractivity contribution in [2.45, 2.75) is 19.4 Å². The van der Waals surface area contributed by atoms with Crippen molar-refractivity contribution in [2.75, 3.05) is 0 Å². The summed E-state index contributed by atoms with van der Waals surface area (Å²) in [5.41, 5.74) is 2.90. The first kappa shape index (κ1) is 20.7. The van der Waals surface area contributed by atoms with Crippen LogP contribution in [0.1, 0.15) is 24.0 Å². The Kier molecular flexibility index (Phi) is 4.93. The molecule has 0 spiro atoms. The Bertz CT molecular complexity index is 1330. The molecular formula is C26H21Cl2N3O2. The monoisotopic (exact) mass is 477 g/mol. The van der Waals surface area contributed by atoms with Gasteiger partial charge >= 0.3 is 0 Å². The van der Waals surface area contributed by atoms with Crippen molar-refractivity contribution in [3.63, 3.8) is 0 Å². The number of fused-ring (bicyclic) bond motifs is 2. The van der Waals surface area contributed by atoms with Crippen LogP contribution >= 0.6 is 23.2 Å². The van der Waals surface area contributed by atoms with Crippen molar-refractivity contribution in [3.8, 4) is 0 Å². The molecule has 2 heterocycles. The summed E-state index contributed by atoms with van der Waals surface area (Å²) >= 11 is 12.3. The SMILES string of the molecule is O=C1[C@@H]2[C@@H](C(=O)N1/N=C\c1cn(Cc3ccc(Cl)c(Cl)c3)c3ccccc13)[C@H]1C=C[C@H]2CC1. The molecule has 2 amide bonds. The Hall–Kier alpha value is -2.89. The molecule has 4 aliphatic rings. The van der Waals surface area contributed by atoms with Gasteiger partial charge in [0.15, 0.2) is 0 Å². The van der Waals surface area contributed by atoms with Gasteiger partial charge in [0.2, 0.25) is 0 Å². The van der Waals surface area contributed by atoms with Gasteiger partial charge < -0.3 is 4.57 Å². The highest BCUT2D eigenvalue weighted by Gasteiger charge is 2.56. The Balaban J connectivity index is 1.32. The molecule has 166 valence electrons. The van der Waals surface area contributed by atoms with Crippen LogP contribution in [0.4, 0.5) is 0 Å². The van der Waals surface area contributed by atoms with Gasteiger partial charge in [-0.1, -0.05) is 59.6 Å². The molecule has 5 nitrogen and oxygen atoms in total. The lowest BCUT2D eigenvalue weighted by atomic mass is 9.63. The second-order valence-electron chi connectivity index (χ2n) is 9.05. The van der Waals surface area contributed by atoms with E-state index in [2.05, 4.69) is 21.8 Å². The molecule has 0 radical (unpaired) electrons. The van der Waals surface area contributed by atoms with Gasteiger partial charge in [-0.3, -0.25) is 9.59 Å². The minimum atomic E-state index is -0.255. The highest BCUT2D eigenvalue weighted by molar-refractivity contribution is 6.42. The van der Waals surface area contributed by atoms with E-state index >= 15 is 0 Å². The number of carbonyl (C=O) groups is 2. The summed E-state index contributed by atoms with van der Waals surface area (Å²) in [5, 5.41) is 7.55. The van der Waals surface area contributed by atoms with Crippen LogP contribution in [-0.4, -0.2) is 27.6 Å². The van der Waals surface area contributed by atoms with Gasteiger partial charge in [-0.05, 0) is 48.4 Å². The number of halogens is 2. The molecule has 33 heavy (non-hydrogen) atoms. The molecule has 7 heteroatoms. The van der Waals surface area contributed by atoms with Crippen LogP contribution in [0.2, 0.25) is 10.0 Å². The molecule has 3 aliphatic carbocycles. The Labute approximate surface area is 201 Å². The van der Waals surface area contributed by atoms with Crippen LogP contribution in [0.25, 0.3) is 10.9 Å². The van der Waals surface area contributed by atoms with Crippen LogP contribution in [0.5, 0.6) is 0 Å². The zero-order valence-electron chi connectivity index (χ0n) is 17.7. The average molecular weight is 478 g/mol. The number of para-hydroxylation sites is 1. The molecule has 0 N–H and O–H groups in total. The van der Waals surface area contributed by atoms with Crippen molar-refractivity contribution in [1.82, 2.24) is 9.58 Å². The van der Waals surface area contributed by atoms with Crippen LogP contribution < -0.4 is 0 Å². The molecule has 2 fully saturated rings. The Morgan fingerprint density at radius 1 is 0.939 bits per heavy atom. The third-order valence-corrected chi connectivity index (χ3v) is 7.94. The lowest BCUT2D eigenvalue weighted by Crippen LogP contribution is -2.38. The molecule has 3 aromatic rings. The Morgan fingerprint density at radius 2 is 1.64 bits per heavy atom. The number of amides is 2. The quantitative estimate of drug-likeness (QED) is 0.282. The number of benzene rings is 2. The van der Waals surface area contributed by atoms with E-state index in [0.29, 0.717) is 16.6 Å². The molecule has 1 saturated carbocycles. The maximum absolute atomic E-state index is 13.1. The van der Waals surface area contributed by atoms with Gasteiger partial charge in [0.25, 0.3) is 11.8 Å². The van der Waals surface area contributed by atoms with E-state index in [1.54, 1.807) is 12.3 Å². The molecule has 4 atom stereocenters. The van der Waals surface area contributed by atoms with Crippen LogP contribution in [0, 0.1) is 23.7 Å². The summed E-state index contributed by atoms with van der Waals surface area (Å²) in [6.45, 7) is 0.603. The van der Waals surface area contributed by atoms with Gasteiger partial charge in [0.05, 0.1) is 28.1 Å². The zero-order chi connectivity index (χ0) is 22.7. The van der Waals surface area contributed by atoms with Gasteiger partial charge in [-0.15, -0.1) is 0 Å². The first-order chi connectivity index (χ1) is 16.0. The van der Waals surface area contributed by atoms with Crippen LogP contribution in [0.15, 0.2) is 65.9 Å². The fourth-order valence-corrected chi connectivity index (χ4v) is 5.96. The zero-order valence-corrected chi connectivity index (χ0v) is 19.2. The molecule has 7 rings (SSSR count). The fourth-order valence-electron chi connectivity index (χ4n) is 5.64. The second-order valence-corrected chi connectivity index (χ2v) is 9.87. The molecular weight excluding hydrogens is 457 g/mol. The first-order valence-corrected chi connectivity index (χ1v) is 11.9. The summed E-state index contributed by atoms with van der Waals surface area (Å²) in [7, 11) is 0. The molecule has 1 aromatic heterocycles. The maximum atomic E-state index is 13.1. The third kappa shape index (κ3) is 3.33. The lowest BCUT2D eigenvalue weighted by Gasteiger charge is -2.37. The van der Waals surface area contributed by atoms with E-state index in [-0.39, 0.29) is 35.5 Å². The third-order valence-electron chi connectivity index (χ3n) is 7.20. The largest absolute Gasteiger partial charge is 0.342 e. The number of carbonyl (C=O) groups excluding carboxylic acids is 2. The summed E-state index contributed by atoms with van der Waals surface area (Å²) in [6, 6.07) is 13.6. The average Bonchev–Trinajstić information content (AvgIpc) is 3.31. The number of hydrogen-bond acceptors (Lipinski definition) is 3. The van der Waals surface area contributed by atoms with Crippen LogP contribution in [-0.2, 0) is 16.1 Å². The van der Waals surface area contributed by atoms with E-state index in [9.17, 15) is 9.59 Å². The predicted molar refractivity (Wildman–Crippen MR) is 129 cm³/mol. The molecule has 2 bridgehead atoms. The number of aromatic nitrogens is 1. The first-order valence-electron chi connectivity index (χ1n) is 11.1. The van der Waals surface area contributed by atoms with Crippen molar-refractivity contribution in [2.24, 2.45) is 28.8 Å². The van der Waals surface area contributed by atoms with E-state index in [1.807, 2.05) is 42.6 Å². The summed E-state index contributed by atoms with van der Waals surface area (Å²) in [5.74, 6) is -0.530. The number of hydrogen-bond donors (Lipinski definition) is 0. The summed E-state index contributed by atoms with van der Waals surface area (Å²) < 4.78 is 2.10. The highest BCUT2D eigenvalue weighted by atomic mass is 35.5. The number of imide groups is 1. The number of nitrogens with zero attached hydrogens (tertiary/aromatic N) is 3. The Morgan fingerprint density at radius 3 is 2.30 bits per heavy atom. The van der Waals surface area contributed by atoms with Crippen molar-refractivity contribution in [1.29, 1.82) is 0 Å². The minimum Gasteiger partial charge on any atom is -0.342 e. The summed E-state index contributed by atoms with van der Waals surface area (Å²) in [6.07, 6.45) is 9.80. The van der Waals surface area contributed by atoms with Gasteiger partial charge in [-0.2, -0.15) is 10.1 Å². The summed E-state index contributed by atoms with van der Waals surface area (Å²) in [4.78, 5) is 26.1. The molecule has 1 aliphatic heterocycles. The van der Waals surface area contributed by atoms with Gasteiger partial charge in [0, 0.05) is 29.2 Å². The number of rotatable bonds is 4. The fraction of sp³-hybridized carbons (Fsp3) is 0.269. The standard InChI is InChI=1S/C26H21Cl2N3O2/c27-20-10-5-15(11-21(20)28)13-30-14-18(19-3-1-2-4-22(19)30)12-29-31-25(32)23-16-6-7-17(9-8-16)24(23)26(31)33/h1-7,10-12,14,16-17,23-24H,8-9,13H2/b29-12-/t16-,17-,23-,24-/m0/s1. The molecule has 1 saturated heterocycles. The molecule has 2 aromatic carbocycles. The predicted octanol–water partition coefficient (Wildman–Crippen LogP) is 5.53. The van der Waals surface area contributed by atoms with Crippen molar-refractivity contribution in [3.05, 3.63) is 82.0 Å². The highest BCUT2D eigenvalue weighted by Crippen LogP contribution is 2.49. The van der Waals surface area contributed by atoms with Crippen molar-refractivity contribution < 1.29 is 9.59 Å². The smallest absolute Gasteiger partial charge is 0.254 e. The normalized spacial score (nSPS) is 26.2. The lowest BCUT2D eigenvalue weighted by molar-refractivity contribution is -0.140. The van der Waals surface area contributed by atoms with Crippen molar-refractivity contribution >= 4 is 52.1 Å². The van der Waals surface area contributed by atoms with E-state index in [4.69, 9.17) is 23.2 Å². The number of allylic oxidation sites excluding steroid dienone is 2. The number of hydrazone groups is 1. The van der Waals surface area contributed by atoms with Crippen LogP contribution in [0.3, 0.4) is 0 Å². The maximum Gasteiger partial charge on any atom is 0.254 e. The minimum absolute atomic E-state index is 0.157. The van der Waals surface area contributed by atoms with E-state index < -0.39 is 0 Å². The van der Waals surface area contributed by atoms with E-state index in [1.165, 1.54) is 0 Å². The van der Waals surface area contributed by atoms with Gasteiger partial charge in [-0.25, -0.2) is 0 Å². The topological polar surface area (TPSA) is 54.7 Å². The second kappa shape index (κ2) is 7.86. The van der Waals surface area contributed by atoms with E-state index in [0.717, 1.165) is 39.9 Å².